The number of likely N-dealkylation sites (N-methyl/N-ethyl adjacent to an activating group) is 1. The van der Waals surface area contributed by atoms with Crippen LogP contribution >= 0.6 is 0 Å². The summed E-state index contributed by atoms with van der Waals surface area (Å²) in [6, 6.07) is 15.2. The zero-order valence-corrected chi connectivity index (χ0v) is 16.7. The molecule has 5 nitrogen and oxygen atoms in total. The fraction of sp³-hybridized carbons (Fsp3) is 0.261. The number of amides is 1. The van der Waals surface area contributed by atoms with Gasteiger partial charge in [0.25, 0.3) is 5.91 Å². The van der Waals surface area contributed by atoms with Gasteiger partial charge in [-0.05, 0) is 44.0 Å². The largest absolute Gasteiger partial charge is 0.452 e. The highest BCUT2D eigenvalue weighted by atomic mass is 16.5. The van der Waals surface area contributed by atoms with Crippen LogP contribution < -0.4 is 0 Å². The Morgan fingerprint density at radius 3 is 2.54 bits per heavy atom. The number of hydrogen-bond acceptors (Lipinski definition) is 4. The van der Waals surface area contributed by atoms with Crippen molar-refractivity contribution in [2.75, 3.05) is 13.7 Å². The maximum absolute atomic E-state index is 12.6. The number of aryl methyl sites for hydroxylation is 3. The van der Waals surface area contributed by atoms with Crippen molar-refractivity contribution in [3.8, 4) is 0 Å². The second kappa shape index (κ2) is 8.21. The Balaban J connectivity index is 1.66. The lowest BCUT2D eigenvalue weighted by Gasteiger charge is -2.19. The monoisotopic (exact) mass is 376 g/mol. The van der Waals surface area contributed by atoms with Gasteiger partial charge in [0.2, 0.25) is 0 Å². The highest BCUT2D eigenvalue weighted by molar-refractivity contribution is 6.04. The standard InChI is InChI=1S/C23H24N2O3/c1-15-9-10-18(16(2)11-15)13-25(4)22(26)14-28-23(27)20-12-17(3)24-21-8-6-5-7-19(20)21/h5-12H,13-14H2,1-4H3. The van der Waals surface area contributed by atoms with Crippen LogP contribution in [0, 0.1) is 20.8 Å². The van der Waals surface area contributed by atoms with Crippen LogP contribution in [0.15, 0.2) is 48.5 Å². The number of benzene rings is 2. The highest BCUT2D eigenvalue weighted by Gasteiger charge is 2.17. The Bertz CT molecular complexity index is 1040. The van der Waals surface area contributed by atoms with E-state index in [2.05, 4.69) is 11.1 Å². The number of nitrogens with zero attached hydrogens (tertiary/aromatic N) is 2. The molecule has 0 N–H and O–H groups in total. The van der Waals surface area contributed by atoms with E-state index >= 15 is 0 Å². The van der Waals surface area contributed by atoms with E-state index in [1.54, 1.807) is 18.0 Å². The number of carbonyl (C=O) groups excluding carboxylic acids is 2. The number of carbonyl (C=O) groups is 2. The van der Waals surface area contributed by atoms with Gasteiger partial charge < -0.3 is 9.64 Å². The van der Waals surface area contributed by atoms with Crippen molar-refractivity contribution in [3.63, 3.8) is 0 Å². The van der Waals surface area contributed by atoms with E-state index in [0.29, 0.717) is 17.5 Å². The lowest BCUT2D eigenvalue weighted by atomic mass is 10.1. The molecule has 0 saturated carbocycles. The van der Waals surface area contributed by atoms with Crippen LogP contribution in [-0.4, -0.2) is 35.4 Å². The Labute approximate surface area is 165 Å². The van der Waals surface area contributed by atoms with Gasteiger partial charge in [0.05, 0.1) is 11.1 Å². The molecule has 5 heteroatoms. The molecule has 1 aromatic heterocycles. The quantitative estimate of drug-likeness (QED) is 0.632. The van der Waals surface area contributed by atoms with Gasteiger partial charge in [0, 0.05) is 24.7 Å². The third-order valence-electron chi connectivity index (χ3n) is 4.72. The van der Waals surface area contributed by atoms with Gasteiger partial charge in [-0.25, -0.2) is 4.79 Å². The Kier molecular flexibility index (Phi) is 5.73. The number of fused-ring (bicyclic) bond motifs is 1. The van der Waals surface area contributed by atoms with E-state index in [1.807, 2.05) is 57.2 Å². The Morgan fingerprint density at radius 2 is 1.79 bits per heavy atom. The maximum atomic E-state index is 12.6. The van der Waals surface area contributed by atoms with E-state index in [1.165, 1.54) is 5.56 Å². The minimum Gasteiger partial charge on any atom is -0.452 e. The van der Waals surface area contributed by atoms with E-state index in [0.717, 1.165) is 22.3 Å². The van der Waals surface area contributed by atoms with Crippen LogP contribution in [0.3, 0.4) is 0 Å². The number of hydrogen-bond donors (Lipinski definition) is 0. The van der Waals surface area contributed by atoms with Crippen molar-refractivity contribution in [3.05, 3.63) is 76.5 Å². The van der Waals surface area contributed by atoms with Crippen molar-refractivity contribution < 1.29 is 14.3 Å². The summed E-state index contributed by atoms with van der Waals surface area (Å²) in [5, 5.41) is 0.717. The first-order valence-electron chi connectivity index (χ1n) is 9.19. The molecule has 0 aliphatic carbocycles. The molecule has 0 atom stereocenters. The predicted molar refractivity (Wildman–Crippen MR) is 109 cm³/mol. The van der Waals surface area contributed by atoms with E-state index in [9.17, 15) is 9.59 Å². The lowest BCUT2D eigenvalue weighted by molar-refractivity contribution is -0.133. The van der Waals surface area contributed by atoms with Gasteiger partial charge >= 0.3 is 5.97 Å². The summed E-state index contributed by atoms with van der Waals surface area (Å²) in [5.41, 5.74) is 5.27. The molecule has 2 aromatic carbocycles. The van der Waals surface area contributed by atoms with Gasteiger partial charge in [0.15, 0.2) is 6.61 Å². The Hall–Kier alpha value is -3.21. The first-order valence-corrected chi connectivity index (χ1v) is 9.19. The van der Waals surface area contributed by atoms with Crippen LogP contribution in [0.1, 0.15) is 32.7 Å². The van der Waals surface area contributed by atoms with Gasteiger partial charge in [-0.1, -0.05) is 42.0 Å². The van der Waals surface area contributed by atoms with Crippen LogP contribution in [0.4, 0.5) is 0 Å². The first kappa shape index (κ1) is 19.5. The SMILES string of the molecule is Cc1ccc(CN(C)C(=O)COC(=O)c2cc(C)nc3ccccc23)c(C)c1. The summed E-state index contributed by atoms with van der Waals surface area (Å²) in [6.07, 6.45) is 0. The molecule has 0 saturated heterocycles. The van der Waals surface area contributed by atoms with E-state index in [-0.39, 0.29) is 12.5 Å². The maximum Gasteiger partial charge on any atom is 0.339 e. The van der Waals surface area contributed by atoms with Gasteiger partial charge in [0.1, 0.15) is 0 Å². The minimum absolute atomic E-state index is 0.247. The summed E-state index contributed by atoms with van der Waals surface area (Å²) in [7, 11) is 1.71. The highest BCUT2D eigenvalue weighted by Crippen LogP contribution is 2.19. The van der Waals surface area contributed by atoms with Crippen LogP contribution in [-0.2, 0) is 16.1 Å². The summed E-state index contributed by atoms with van der Waals surface area (Å²) < 4.78 is 5.30. The zero-order chi connectivity index (χ0) is 20.3. The number of aromatic nitrogens is 1. The van der Waals surface area contributed by atoms with Crippen LogP contribution in [0.25, 0.3) is 10.9 Å². The molecule has 28 heavy (non-hydrogen) atoms. The van der Waals surface area contributed by atoms with Gasteiger partial charge in [-0.3, -0.25) is 9.78 Å². The van der Waals surface area contributed by atoms with Crippen molar-refractivity contribution in [1.82, 2.24) is 9.88 Å². The van der Waals surface area contributed by atoms with Crippen LogP contribution in [0.5, 0.6) is 0 Å². The molecule has 3 rings (SSSR count). The summed E-state index contributed by atoms with van der Waals surface area (Å²) in [4.78, 5) is 31.0. The summed E-state index contributed by atoms with van der Waals surface area (Å²) in [6.45, 7) is 6.06. The molecule has 0 aliphatic heterocycles. The van der Waals surface area contributed by atoms with Crippen molar-refractivity contribution >= 4 is 22.8 Å². The molecule has 3 aromatic rings. The second-order valence-corrected chi connectivity index (χ2v) is 7.08. The summed E-state index contributed by atoms with van der Waals surface area (Å²) >= 11 is 0. The normalized spacial score (nSPS) is 10.7. The second-order valence-electron chi connectivity index (χ2n) is 7.08. The van der Waals surface area contributed by atoms with Gasteiger partial charge in [-0.15, -0.1) is 0 Å². The predicted octanol–water partition coefficient (Wildman–Crippen LogP) is 3.98. The molecular formula is C23H24N2O3. The first-order chi connectivity index (χ1) is 13.3. The molecule has 0 aliphatic rings. The number of esters is 1. The van der Waals surface area contributed by atoms with Crippen molar-refractivity contribution in [2.45, 2.75) is 27.3 Å². The number of rotatable bonds is 5. The third kappa shape index (κ3) is 4.36. The molecular weight excluding hydrogens is 352 g/mol. The average molecular weight is 376 g/mol. The molecule has 0 unspecified atom stereocenters. The number of para-hydroxylation sites is 1. The molecule has 0 bridgehead atoms. The molecule has 0 radical (unpaired) electrons. The lowest BCUT2D eigenvalue weighted by Crippen LogP contribution is -2.31. The minimum atomic E-state index is -0.519. The van der Waals surface area contributed by atoms with Crippen LogP contribution in [0.2, 0.25) is 0 Å². The molecule has 0 fully saturated rings. The van der Waals surface area contributed by atoms with Crippen molar-refractivity contribution in [1.29, 1.82) is 0 Å². The zero-order valence-electron chi connectivity index (χ0n) is 16.7. The fourth-order valence-corrected chi connectivity index (χ4v) is 3.16. The third-order valence-corrected chi connectivity index (χ3v) is 4.72. The number of ether oxygens (including phenoxy) is 1. The molecule has 144 valence electrons. The molecule has 1 heterocycles. The topological polar surface area (TPSA) is 59.5 Å². The molecule has 0 spiro atoms. The molecule has 1 amide bonds. The number of pyridine rings is 1. The van der Waals surface area contributed by atoms with E-state index in [4.69, 9.17) is 4.74 Å². The van der Waals surface area contributed by atoms with Gasteiger partial charge in [-0.2, -0.15) is 0 Å². The Morgan fingerprint density at radius 1 is 1.04 bits per heavy atom. The van der Waals surface area contributed by atoms with Crippen molar-refractivity contribution in [2.24, 2.45) is 0 Å². The summed E-state index contributed by atoms with van der Waals surface area (Å²) in [5.74, 6) is -0.765. The average Bonchev–Trinajstić information content (AvgIpc) is 2.67. The smallest absolute Gasteiger partial charge is 0.339 e. The van der Waals surface area contributed by atoms with E-state index < -0.39 is 5.97 Å². The fourth-order valence-electron chi connectivity index (χ4n) is 3.16.